The predicted octanol–water partition coefficient (Wildman–Crippen LogP) is 3.80. The van der Waals surface area contributed by atoms with Crippen LogP contribution < -0.4 is 15.4 Å². The number of carbonyl (C=O) groups is 2. The molecule has 1 atom stereocenters. The van der Waals surface area contributed by atoms with Crippen molar-refractivity contribution in [2.45, 2.75) is 19.6 Å². The SMILES string of the molecule is CNC(=O)c1cccc(CNC(=O)[C@@H](C)Oc2ccc(-c3ccccc3)cc2)c1. The molecule has 0 aliphatic rings. The molecule has 0 radical (unpaired) electrons. The van der Waals surface area contributed by atoms with Gasteiger partial charge in [0.1, 0.15) is 5.75 Å². The Labute approximate surface area is 170 Å². The van der Waals surface area contributed by atoms with E-state index in [9.17, 15) is 9.59 Å². The molecule has 0 bridgehead atoms. The summed E-state index contributed by atoms with van der Waals surface area (Å²) in [6, 6.07) is 24.9. The van der Waals surface area contributed by atoms with Crippen LogP contribution in [-0.2, 0) is 11.3 Å². The average molecular weight is 388 g/mol. The smallest absolute Gasteiger partial charge is 0.261 e. The Morgan fingerprint density at radius 1 is 0.897 bits per heavy atom. The number of rotatable bonds is 7. The van der Waals surface area contributed by atoms with Crippen molar-refractivity contribution in [3.8, 4) is 16.9 Å². The zero-order valence-corrected chi connectivity index (χ0v) is 16.5. The third-order valence-corrected chi connectivity index (χ3v) is 4.53. The summed E-state index contributed by atoms with van der Waals surface area (Å²) in [7, 11) is 1.59. The summed E-state index contributed by atoms with van der Waals surface area (Å²) in [6.07, 6.45) is -0.639. The maximum Gasteiger partial charge on any atom is 0.261 e. The molecule has 3 aromatic carbocycles. The van der Waals surface area contributed by atoms with E-state index in [1.165, 1.54) is 0 Å². The summed E-state index contributed by atoms with van der Waals surface area (Å²) >= 11 is 0. The number of amides is 2. The minimum Gasteiger partial charge on any atom is -0.481 e. The van der Waals surface area contributed by atoms with Crippen molar-refractivity contribution >= 4 is 11.8 Å². The van der Waals surface area contributed by atoms with E-state index < -0.39 is 6.10 Å². The van der Waals surface area contributed by atoms with Crippen LogP contribution in [0.15, 0.2) is 78.9 Å². The summed E-state index contributed by atoms with van der Waals surface area (Å²) in [5, 5.41) is 5.43. The van der Waals surface area contributed by atoms with E-state index in [2.05, 4.69) is 10.6 Å². The van der Waals surface area contributed by atoms with Crippen molar-refractivity contribution in [2.75, 3.05) is 7.05 Å². The summed E-state index contributed by atoms with van der Waals surface area (Å²) < 4.78 is 5.76. The third-order valence-electron chi connectivity index (χ3n) is 4.53. The Kier molecular flexibility index (Phi) is 6.63. The Hall–Kier alpha value is -3.60. The maximum absolute atomic E-state index is 12.4. The van der Waals surface area contributed by atoms with Gasteiger partial charge in [-0.3, -0.25) is 9.59 Å². The number of carbonyl (C=O) groups excluding carboxylic acids is 2. The van der Waals surface area contributed by atoms with Gasteiger partial charge in [0, 0.05) is 19.2 Å². The lowest BCUT2D eigenvalue weighted by Crippen LogP contribution is -2.35. The lowest BCUT2D eigenvalue weighted by atomic mass is 10.1. The standard InChI is InChI=1S/C24H24N2O3/c1-17(23(27)26-16-18-7-6-10-21(15-18)24(28)25-2)29-22-13-11-20(12-14-22)19-8-4-3-5-9-19/h3-15,17H,16H2,1-2H3,(H,25,28)(H,26,27)/t17-/m1/s1. The predicted molar refractivity (Wildman–Crippen MR) is 114 cm³/mol. The molecular formula is C24H24N2O3. The first-order chi connectivity index (χ1) is 14.1. The lowest BCUT2D eigenvalue weighted by molar-refractivity contribution is -0.127. The molecule has 148 valence electrons. The van der Waals surface area contributed by atoms with Crippen LogP contribution in [-0.4, -0.2) is 25.0 Å². The molecule has 3 rings (SSSR count). The second-order valence-corrected chi connectivity index (χ2v) is 6.65. The van der Waals surface area contributed by atoms with Crippen molar-refractivity contribution < 1.29 is 14.3 Å². The molecule has 0 saturated carbocycles. The van der Waals surface area contributed by atoms with E-state index >= 15 is 0 Å². The van der Waals surface area contributed by atoms with Crippen LogP contribution >= 0.6 is 0 Å². The molecule has 0 aromatic heterocycles. The van der Waals surface area contributed by atoms with Crippen LogP contribution in [0.3, 0.4) is 0 Å². The van der Waals surface area contributed by atoms with Gasteiger partial charge in [-0.05, 0) is 47.9 Å². The number of nitrogens with one attached hydrogen (secondary N) is 2. The van der Waals surface area contributed by atoms with Crippen molar-refractivity contribution in [1.82, 2.24) is 10.6 Å². The first kappa shape index (κ1) is 20.1. The van der Waals surface area contributed by atoms with Gasteiger partial charge in [0.25, 0.3) is 11.8 Å². The van der Waals surface area contributed by atoms with Crippen molar-refractivity contribution in [2.24, 2.45) is 0 Å². The second-order valence-electron chi connectivity index (χ2n) is 6.65. The average Bonchev–Trinajstić information content (AvgIpc) is 2.78. The van der Waals surface area contributed by atoms with Crippen molar-refractivity contribution in [3.05, 3.63) is 90.0 Å². The molecule has 29 heavy (non-hydrogen) atoms. The Bertz CT molecular complexity index is 969. The first-order valence-electron chi connectivity index (χ1n) is 9.47. The fourth-order valence-corrected chi connectivity index (χ4v) is 2.91. The highest BCUT2D eigenvalue weighted by Gasteiger charge is 2.14. The molecule has 3 aromatic rings. The highest BCUT2D eigenvalue weighted by atomic mass is 16.5. The van der Waals surface area contributed by atoms with E-state index in [0.717, 1.165) is 16.7 Å². The van der Waals surface area contributed by atoms with E-state index in [1.807, 2.05) is 60.7 Å². The number of hydrogen-bond acceptors (Lipinski definition) is 3. The Morgan fingerprint density at radius 2 is 1.59 bits per heavy atom. The number of hydrogen-bond donors (Lipinski definition) is 2. The molecule has 5 nitrogen and oxygen atoms in total. The van der Waals surface area contributed by atoms with E-state index in [4.69, 9.17) is 4.74 Å². The molecule has 0 spiro atoms. The minimum absolute atomic E-state index is 0.158. The normalized spacial score (nSPS) is 11.4. The van der Waals surface area contributed by atoms with E-state index in [-0.39, 0.29) is 11.8 Å². The molecule has 2 N–H and O–H groups in total. The van der Waals surface area contributed by atoms with Gasteiger partial charge in [0.2, 0.25) is 0 Å². The van der Waals surface area contributed by atoms with Crippen molar-refractivity contribution in [1.29, 1.82) is 0 Å². The van der Waals surface area contributed by atoms with E-state index in [0.29, 0.717) is 17.9 Å². The highest BCUT2D eigenvalue weighted by Crippen LogP contribution is 2.22. The molecule has 0 aliphatic carbocycles. The topological polar surface area (TPSA) is 67.4 Å². The Balaban J connectivity index is 1.55. The fourth-order valence-electron chi connectivity index (χ4n) is 2.91. The maximum atomic E-state index is 12.4. The highest BCUT2D eigenvalue weighted by molar-refractivity contribution is 5.94. The lowest BCUT2D eigenvalue weighted by Gasteiger charge is -2.15. The molecule has 0 fully saturated rings. The van der Waals surface area contributed by atoms with Crippen LogP contribution in [0.4, 0.5) is 0 Å². The first-order valence-corrected chi connectivity index (χ1v) is 9.47. The Morgan fingerprint density at radius 3 is 2.28 bits per heavy atom. The molecule has 0 unspecified atom stereocenters. The van der Waals surface area contributed by atoms with Gasteiger partial charge >= 0.3 is 0 Å². The van der Waals surface area contributed by atoms with Crippen LogP contribution in [0.25, 0.3) is 11.1 Å². The second kappa shape index (κ2) is 9.55. The number of ether oxygens (including phenoxy) is 1. The summed E-state index contributed by atoms with van der Waals surface area (Å²) in [5.41, 5.74) is 3.62. The summed E-state index contributed by atoms with van der Waals surface area (Å²) in [6.45, 7) is 2.03. The summed E-state index contributed by atoms with van der Waals surface area (Å²) in [4.78, 5) is 24.1. The van der Waals surface area contributed by atoms with Gasteiger partial charge in [-0.15, -0.1) is 0 Å². The molecule has 5 heteroatoms. The van der Waals surface area contributed by atoms with Gasteiger partial charge in [-0.2, -0.15) is 0 Å². The largest absolute Gasteiger partial charge is 0.481 e. The van der Waals surface area contributed by atoms with Gasteiger partial charge in [0.05, 0.1) is 0 Å². The van der Waals surface area contributed by atoms with Gasteiger partial charge in [-0.25, -0.2) is 0 Å². The van der Waals surface area contributed by atoms with Crippen LogP contribution in [0.1, 0.15) is 22.8 Å². The number of benzene rings is 3. The third kappa shape index (κ3) is 5.45. The molecule has 0 heterocycles. The molecular weight excluding hydrogens is 364 g/mol. The van der Waals surface area contributed by atoms with E-state index in [1.54, 1.807) is 32.2 Å². The van der Waals surface area contributed by atoms with Crippen LogP contribution in [0, 0.1) is 0 Å². The molecule has 2 amide bonds. The molecule has 0 saturated heterocycles. The van der Waals surface area contributed by atoms with Gasteiger partial charge < -0.3 is 15.4 Å². The fraction of sp³-hybridized carbons (Fsp3) is 0.167. The van der Waals surface area contributed by atoms with Gasteiger partial charge in [0.15, 0.2) is 6.10 Å². The van der Waals surface area contributed by atoms with Crippen LogP contribution in [0.5, 0.6) is 5.75 Å². The minimum atomic E-state index is -0.639. The quantitative estimate of drug-likeness (QED) is 0.647. The zero-order chi connectivity index (χ0) is 20.6. The van der Waals surface area contributed by atoms with Gasteiger partial charge in [-0.1, -0.05) is 54.6 Å². The summed E-state index contributed by atoms with van der Waals surface area (Å²) in [5.74, 6) is 0.255. The monoisotopic (exact) mass is 388 g/mol. The van der Waals surface area contributed by atoms with Crippen molar-refractivity contribution in [3.63, 3.8) is 0 Å². The molecule has 0 aliphatic heterocycles. The van der Waals surface area contributed by atoms with Crippen LogP contribution in [0.2, 0.25) is 0 Å². The zero-order valence-electron chi connectivity index (χ0n) is 16.5.